The molecule has 0 aromatic heterocycles. The van der Waals surface area contributed by atoms with E-state index in [1.807, 2.05) is 0 Å². The van der Waals surface area contributed by atoms with Gasteiger partial charge in [-0.15, -0.1) is 0 Å². The first-order valence-electron chi connectivity index (χ1n) is 6.43. The molecule has 2 atom stereocenters. The lowest BCUT2D eigenvalue weighted by Gasteiger charge is -2.40. The predicted octanol–water partition coefficient (Wildman–Crippen LogP) is 0.622. The number of nitrogens with one attached hydrogen (secondary N) is 1. The van der Waals surface area contributed by atoms with Gasteiger partial charge in [0, 0.05) is 32.2 Å². The lowest BCUT2D eigenvalue weighted by atomic mass is 10.1. The molecule has 15 heavy (non-hydrogen) atoms. The Labute approximate surface area is 93.8 Å². The van der Waals surface area contributed by atoms with E-state index in [9.17, 15) is 0 Å². The molecular weight excluding hydrogens is 186 g/mol. The molecule has 2 rings (SSSR count). The number of hydrogen-bond donors (Lipinski definition) is 1. The Balaban J connectivity index is 1.78. The standard InChI is InChI=1S/C12H25N3/c1-3-12-10-15(7-6-14(12)2)9-11-4-5-13-8-11/h11-13H,3-10H2,1-2H3. The van der Waals surface area contributed by atoms with Gasteiger partial charge in [0.15, 0.2) is 0 Å². The van der Waals surface area contributed by atoms with E-state index >= 15 is 0 Å². The smallest absolute Gasteiger partial charge is 0.0218 e. The molecule has 0 aromatic carbocycles. The first-order valence-corrected chi connectivity index (χ1v) is 6.43. The average molecular weight is 211 g/mol. The molecule has 0 saturated carbocycles. The van der Waals surface area contributed by atoms with Gasteiger partial charge < -0.3 is 15.1 Å². The molecule has 0 radical (unpaired) electrons. The lowest BCUT2D eigenvalue weighted by Crippen LogP contribution is -2.52. The van der Waals surface area contributed by atoms with Crippen molar-refractivity contribution in [1.82, 2.24) is 15.1 Å². The first-order chi connectivity index (χ1) is 7.29. The molecule has 2 heterocycles. The molecule has 0 aliphatic carbocycles. The van der Waals surface area contributed by atoms with Gasteiger partial charge in [-0.1, -0.05) is 6.92 Å². The van der Waals surface area contributed by atoms with Crippen LogP contribution in [0.15, 0.2) is 0 Å². The zero-order valence-electron chi connectivity index (χ0n) is 10.2. The number of rotatable bonds is 3. The summed E-state index contributed by atoms with van der Waals surface area (Å²) in [7, 11) is 2.27. The molecule has 1 N–H and O–H groups in total. The fourth-order valence-electron chi connectivity index (χ4n) is 2.85. The van der Waals surface area contributed by atoms with Crippen LogP contribution in [0.4, 0.5) is 0 Å². The Morgan fingerprint density at radius 1 is 1.33 bits per heavy atom. The molecule has 0 bridgehead atoms. The molecule has 3 nitrogen and oxygen atoms in total. The normalized spacial score (nSPS) is 34.8. The summed E-state index contributed by atoms with van der Waals surface area (Å²) < 4.78 is 0. The molecular formula is C12H25N3. The van der Waals surface area contributed by atoms with Crippen molar-refractivity contribution in [3.8, 4) is 0 Å². The van der Waals surface area contributed by atoms with Crippen molar-refractivity contribution in [3.63, 3.8) is 0 Å². The van der Waals surface area contributed by atoms with Crippen molar-refractivity contribution in [2.24, 2.45) is 5.92 Å². The highest BCUT2D eigenvalue weighted by Gasteiger charge is 2.25. The monoisotopic (exact) mass is 211 g/mol. The van der Waals surface area contributed by atoms with Crippen LogP contribution in [0.25, 0.3) is 0 Å². The molecule has 2 fully saturated rings. The van der Waals surface area contributed by atoms with Crippen LogP contribution in [0.1, 0.15) is 19.8 Å². The van der Waals surface area contributed by atoms with Gasteiger partial charge in [-0.2, -0.15) is 0 Å². The van der Waals surface area contributed by atoms with Crippen molar-refractivity contribution in [3.05, 3.63) is 0 Å². The molecule has 2 saturated heterocycles. The van der Waals surface area contributed by atoms with Gasteiger partial charge >= 0.3 is 0 Å². The Bertz CT molecular complexity index is 187. The summed E-state index contributed by atoms with van der Waals surface area (Å²) in [5, 5.41) is 3.46. The maximum atomic E-state index is 3.46. The SMILES string of the molecule is CCC1CN(CC2CCNC2)CCN1C. The summed E-state index contributed by atoms with van der Waals surface area (Å²) in [6.07, 6.45) is 2.67. The van der Waals surface area contributed by atoms with E-state index in [0.29, 0.717) is 0 Å². The van der Waals surface area contributed by atoms with Crippen molar-refractivity contribution >= 4 is 0 Å². The number of likely N-dealkylation sites (N-methyl/N-ethyl adjacent to an activating group) is 1. The lowest BCUT2D eigenvalue weighted by molar-refractivity contribution is 0.0835. The number of nitrogens with zero attached hydrogens (tertiary/aromatic N) is 2. The van der Waals surface area contributed by atoms with Crippen LogP contribution in [0.2, 0.25) is 0 Å². The highest BCUT2D eigenvalue weighted by Crippen LogP contribution is 2.15. The Morgan fingerprint density at radius 3 is 2.87 bits per heavy atom. The second kappa shape index (κ2) is 5.28. The number of piperazine rings is 1. The largest absolute Gasteiger partial charge is 0.316 e. The second-order valence-corrected chi connectivity index (χ2v) is 5.16. The van der Waals surface area contributed by atoms with Gasteiger partial charge in [0.2, 0.25) is 0 Å². The average Bonchev–Trinajstić information content (AvgIpc) is 2.73. The fourth-order valence-corrected chi connectivity index (χ4v) is 2.85. The third-order valence-electron chi connectivity index (χ3n) is 4.01. The molecule has 0 aromatic rings. The van der Waals surface area contributed by atoms with Crippen LogP contribution in [-0.4, -0.2) is 62.2 Å². The van der Waals surface area contributed by atoms with Crippen LogP contribution >= 0.6 is 0 Å². The van der Waals surface area contributed by atoms with E-state index in [0.717, 1.165) is 12.0 Å². The van der Waals surface area contributed by atoms with E-state index in [4.69, 9.17) is 0 Å². The van der Waals surface area contributed by atoms with Gasteiger partial charge in [-0.25, -0.2) is 0 Å². The molecule has 2 aliphatic heterocycles. The van der Waals surface area contributed by atoms with Crippen molar-refractivity contribution in [1.29, 1.82) is 0 Å². The van der Waals surface area contributed by atoms with Crippen molar-refractivity contribution in [2.45, 2.75) is 25.8 Å². The van der Waals surface area contributed by atoms with E-state index in [1.165, 1.54) is 52.1 Å². The number of hydrogen-bond acceptors (Lipinski definition) is 3. The van der Waals surface area contributed by atoms with Crippen LogP contribution in [0.5, 0.6) is 0 Å². The molecule has 2 unspecified atom stereocenters. The van der Waals surface area contributed by atoms with Gasteiger partial charge in [0.1, 0.15) is 0 Å². The van der Waals surface area contributed by atoms with E-state index in [-0.39, 0.29) is 0 Å². The molecule has 0 amide bonds. The minimum absolute atomic E-state index is 0.785. The van der Waals surface area contributed by atoms with Crippen LogP contribution in [0.3, 0.4) is 0 Å². The van der Waals surface area contributed by atoms with Gasteiger partial charge in [-0.05, 0) is 38.9 Å². The van der Waals surface area contributed by atoms with Gasteiger partial charge in [-0.3, -0.25) is 0 Å². The zero-order valence-corrected chi connectivity index (χ0v) is 10.2. The third kappa shape index (κ3) is 2.92. The minimum atomic E-state index is 0.785. The topological polar surface area (TPSA) is 18.5 Å². The summed E-state index contributed by atoms with van der Waals surface area (Å²) in [4.78, 5) is 5.19. The zero-order chi connectivity index (χ0) is 10.7. The summed E-state index contributed by atoms with van der Waals surface area (Å²) in [5.41, 5.74) is 0. The van der Waals surface area contributed by atoms with Crippen molar-refractivity contribution < 1.29 is 0 Å². The second-order valence-electron chi connectivity index (χ2n) is 5.16. The maximum Gasteiger partial charge on any atom is 0.0218 e. The summed E-state index contributed by atoms with van der Waals surface area (Å²) in [6.45, 7) is 9.89. The van der Waals surface area contributed by atoms with Gasteiger partial charge in [0.05, 0.1) is 0 Å². The van der Waals surface area contributed by atoms with E-state index in [2.05, 4.69) is 29.1 Å². The highest BCUT2D eigenvalue weighted by molar-refractivity contribution is 4.82. The molecule has 2 aliphatic rings. The Morgan fingerprint density at radius 2 is 2.20 bits per heavy atom. The van der Waals surface area contributed by atoms with Gasteiger partial charge in [0.25, 0.3) is 0 Å². The Kier molecular flexibility index (Phi) is 4.00. The molecule has 0 spiro atoms. The predicted molar refractivity (Wildman–Crippen MR) is 64.1 cm³/mol. The van der Waals surface area contributed by atoms with Crippen LogP contribution in [-0.2, 0) is 0 Å². The van der Waals surface area contributed by atoms with Crippen LogP contribution in [0, 0.1) is 5.92 Å². The summed E-state index contributed by atoms with van der Waals surface area (Å²) >= 11 is 0. The van der Waals surface area contributed by atoms with Crippen molar-refractivity contribution in [2.75, 3.05) is 46.3 Å². The highest BCUT2D eigenvalue weighted by atomic mass is 15.3. The van der Waals surface area contributed by atoms with E-state index < -0.39 is 0 Å². The van der Waals surface area contributed by atoms with Crippen LogP contribution < -0.4 is 5.32 Å². The molecule has 3 heteroatoms. The van der Waals surface area contributed by atoms with E-state index in [1.54, 1.807) is 0 Å². The first kappa shape index (κ1) is 11.4. The quantitative estimate of drug-likeness (QED) is 0.738. The maximum absolute atomic E-state index is 3.46. The summed E-state index contributed by atoms with van der Waals surface area (Å²) in [5.74, 6) is 0.908. The Hall–Kier alpha value is -0.120. The summed E-state index contributed by atoms with van der Waals surface area (Å²) in [6, 6.07) is 0.785. The minimum Gasteiger partial charge on any atom is -0.316 e. The third-order valence-corrected chi connectivity index (χ3v) is 4.01. The fraction of sp³-hybridized carbons (Fsp3) is 1.00. The molecule has 88 valence electrons.